The van der Waals surface area contributed by atoms with E-state index in [1.165, 1.54) is 0 Å². The van der Waals surface area contributed by atoms with Crippen LogP contribution in [0.5, 0.6) is 0 Å². The van der Waals surface area contributed by atoms with Gasteiger partial charge in [0.15, 0.2) is 5.96 Å². The Morgan fingerprint density at radius 2 is 1.39 bits per heavy atom. The molecule has 0 spiro atoms. The normalized spacial score (nSPS) is 13.2. The Kier molecular flexibility index (Phi) is 14.1. The number of benzene rings is 2. The van der Waals surface area contributed by atoms with Crippen molar-refractivity contribution in [2.45, 2.75) is 56.3 Å². The van der Waals surface area contributed by atoms with Crippen LogP contribution in [0.2, 0.25) is 0 Å². The zero-order chi connectivity index (χ0) is 35.9. The van der Waals surface area contributed by atoms with Crippen molar-refractivity contribution in [3.63, 3.8) is 0 Å². The number of aromatic amines is 1. The van der Waals surface area contributed by atoms with Gasteiger partial charge in [-0.25, -0.2) is 0 Å². The van der Waals surface area contributed by atoms with Crippen LogP contribution < -0.4 is 44.2 Å². The Balaban J connectivity index is 1.88. The van der Waals surface area contributed by atoms with Crippen molar-refractivity contribution in [2.75, 3.05) is 13.1 Å². The van der Waals surface area contributed by atoms with E-state index in [-0.39, 0.29) is 38.2 Å². The summed E-state index contributed by atoms with van der Waals surface area (Å²) in [5.74, 6) is -5.34. The number of para-hydroxylation sites is 1. The Bertz CT molecular complexity index is 1660. The van der Waals surface area contributed by atoms with Crippen LogP contribution in [0, 0.1) is 0 Å². The fourth-order valence-corrected chi connectivity index (χ4v) is 4.98. The summed E-state index contributed by atoms with van der Waals surface area (Å²) >= 11 is 0. The van der Waals surface area contributed by atoms with Crippen molar-refractivity contribution >= 4 is 52.4 Å². The van der Waals surface area contributed by atoms with Gasteiger partial charge in [-0.3, -0.25) is 33.8 Å². The number of hydrogen-bond acceptors (Lipinski definition) is 8. The second-order valence-corrected chi connectivity index (χ2v) is 11.3. The van der Waals surface area contributed by atoms with Gasteiger partial charge in [0.2, 0.25) is 29.5 Å². The third-order valence-corrected chi connectivity index (χ3v) is 7.40. The first-order valence-corrected chi connectivity index (χ1v) is 15.4. The van der Waals surface area contributed by atoms with Gasteiger partial charge in [0.1, 0.15) is 24.7 Å². The third-order valence-electron chi connectivity index (χ3n) is 7.40. The van der Waals surface area contributed by atoms with E-state index in [9.17, 15) is 28.8 Å². The minimum Gasteiger partial charge on any atom is -0.480 e. The number of guanidine groups is 1. The number of fused-ring (bicyclic) bond motifs is 1. The Labute approximate surface area is 281 Å². The van der Waals surface area contributed by atoms with E-state index < -0.39 is 72.6 Å². The van der Waals surface area contributed by atoms with Crippen molar-refractivity contribution in [3.05, 3.63) is 71.9 Å². The van der Waals surface area contributed by atoms with Gasteiger partial charge in [0.25, 0.3) is 0 Å². The number of carboxylic acids is 1. The molecule has 0 bridgehead atoms. The molecule has 17 nitrogen and oxygen atoms in total. The van der Waals surface area contributed by atoms with Crippen molar-refractivity contribution < 1.29 is 33.9 Å². The van der Waals surface area contributed by atoms with Crippen molar-refractivity contribution in [1.29, 1.82) is 0 Å². The van der Waals surface area contributed by atoms with E-state index in [1.54, 1.807) is 36.5 Å². The molecule has 0 aliphatic carbocycles. The first kappa shape index (κ1) is 37.5. The maximum absolute atomic E-state index is 13.8. The number of nitrogens with zero attached hydrogens (tertiary/aromatic N) is 1. The van der Waals surface area contributed by atoms with Crippen LogP contribution in [0.1, 0.15) is 30.4 Å². The number of hydrogen-bond donors (Lipinski definition) is 10. The van der Waals surface area contributed by atoms with E-state index in [4.69, 9.17) is 28.0 Å². The number of carbonyl (C=O) groups excluding carboxylic acids is 5. The van der Waals surface area contributed by atoms with Gasteiger partial charge in [-0.2, -0.15) is 0 Å². The number of aliphatic carboxylic acids is 1. The molecule has 3 aromatic rings. The number of nitrogens with two attached hydrogens (primary N) is 4. The largest absolute Gasteiger partial charge is 0.480 e. The number of rotatable bonds is 19. The standard InChI is InChI=1S/C32H42N10O7/c33-21(15-26(34)43)28(46)41-24(13-18-7-2-1-3-8-18)31(49)40-23(11-6-12-37-32(35)36)30(48)42-25(29(47)39-17-27(44)45)14-19-16-38-22-10-5-4-9-20(19)22/h1-5,7-10,16,21,23-25,38H,6,11-15,17,33H2,(H2,34,43)(H,39,47)(H,40,49)(H,41,46)(H,42,48)(H,44,45)(H4,35,36,37)/t21-,23-,24+,25-/m0/s1. The minimum absolute atomic E-state index is 0.00479. The van der Waals surface area contributed by atoms with E-state index in [2.05, 4.69) is 31.2 Å². The van der Waals surface area contributed by atoms with Crippen LogP contribution in [0.25, 0.3) is 10.9 Å². The Hall–Kier alpha value is -5.97. The third kappa shape index (κ3) is 12.3. The van der Waals surface area contributed by atoms with Gasteiger partial charge in [0, 0.05) is 36.5 Å². The average Bonchev–Trinajstić information content (AvgIpc) is 3.46. The summed E-state index contributed by atoms with van der Waals surface area (Å²) in [5, 5.41) is 20.1. The highest BCUT2D eigenvalue weighted by molar-refractivity contribution is 5.96. The minimum atomic E-state index is -1.32. The van der Waals surface area contributed by atoms with Gasteiger partial charge in [-0.1, -0.05) is 48.5 Å². The molecule has 4 atom stereocenters. The van der Waals surface area contributed by atoms with Crippen molar-refractivity contribution in [1.82, 2.24) is 26.3 Å². The molecule has 3 rings (SSSR count). The number of amides is 5. The van der Waals surface area contributed by atoms with Crippen LogP contribution in [-0.4, -0.2) is 88.8 Å². The predicted octanol–water partition coefficient (Wildman–Crippen LogP) is -2.14. The van der Waals surface area contributed by atoms with Gasteiger partial charge in [-0.05, 0) is 30.0 Å². The molecule has 1 aromatic heterocycles. The van der Waals surface area contributed by atoms with E-state index >= 15 is 0 Å². The molecule has 262 valence electrons. The molecule has 0 fully saturated rings. The zero-order valence-corrected chi connectivity index (χ0v) is 26.7. The van der Waals surface area contributed by atoms with E-state index in [0.29, 0.717) is 11.1 Å². The monoisotopic (exact) mass is 678 g/mol. The van der Waals surface area contributed by atoms with Crippen molar-refractivity contribution in [3.8, 4) is 0 Å². The maximum Gasteiger partial charge on any atom is 0.322 e. The van der Waals surface area contributed by atoms with Crippen LogP contribution in [0.3, 0.4) is 0 Å². The topological polar surface area (TPSA) is 303 Å². The summed E-state index contributed by atoms with van der Waals surface area (Å²) < 4.78 is 0. The summed E-state index contributed by atoms with van der Waals surface area (Å²) in [6, 6.07) is 11.0. The van der Waals surface area contributed by atoms with Crippen LogP contribution in [0.4, 0.5) is 0 Å². The number of carbonyl (C=O) groups is 6. The molecule has 49 heavy (non-hydrogen) atoms. The fraction of sp³-hybridized carbons (Fsp3) is 0.344. The van der Waals surface area contributed by atoms with Gasteiger partial charge in [0.05, 0.1) is 12.5 Å². The molecule has 5 amide bonds. The lowest BCUT2D eigenvalue weighted by Gasteiger charge is -2.26. The number of nitrogens with one attached hydrogen (secondary N) is 5. The predicted molar refractivity (Wildman–Crippen MR) is 180 cm³/mol. The summed E-state index contributed by atoms with van der Waals surface area (Å²) in [7, 11) is 0. The number of aliphatic imine (C=N–C) groups is 1. The number of carboxylic acid groups (broad SMARTS) is 1. The summed E-state index contributed by atoms with van der Waals surface area (Å²) in [6.07, 6.45) is 1.46. The van der Waals surface area contributed by atoms with Gasteiger partial charge < -0.3 is 54.3 Å². The van der Waals surface area contributed by atoms with Gasteiger partial charge in [-0.15, -0.1) is 0 Å². The number of aromatic nitrogens is 1. The van der Waals surface area contributed by atoms with E-state index in [0.717, 1.165) is 10.9 Å². The first-order chi connectivity index (χ1) is 23.3. The lowest BCUT2D eigenvalue weighted by Crippen LogP contribution is -2.58. The molecule has 0 unspecified atom stereocenters. The Morgan fingerprint density at radius 1 is 0.776 bits per heavy atom. The molecule has 17 heteroatoms. The molecule has 0 saturated heterocycles. The number of primary amides is 1. The average molecular weight is 679 g/mol. The number of H-pyrrole nitrogens is 1. The molecule has 2 aromatic carbocycles. The van der Waals surface area contributed by atoms with Crippen molar-refractivity contribution in [2.24, 2.45) is 27.9 Å². The molecular formula is C32H42N10O7. The smallest absolute Gasteiger partial charge is 0.322 e. The quantitative estimate of drug-likeness (QED) is 0.0373. The highest BCUT2D eigenvalue weighted by Crippen LogP contribution is 2.19. The van der Waals surface area contributed by atoms with Crippen LogP contribution >= 0.6 is 0 Å². The lowest BCUT2D eigenvalue weighted by atomic mass is 10.0. The van der Waals surface area contributed by atoms with Crippen LogP contribution in [0.15, 0.2) is 65.8 Å². The molecule has 0 radical (unpaired) electrons. The second-order valence-electron chi connectivity index (χ2n) is 11.3. The SMILES string of the molecule is NC(=O)C[C@H](N)C(=O)N[C@H](Cc1ccccc1)C(=O)N[C@@H](CCCN=C(N)N)C(=O)N[C@@H](Cc1c[nH]c2ccccc12)C(=O)NCC(=O)O. The van der Waals surface area contributed by atoms with E-state index in [1.807, 2.05) is 24.3 Å². The Morgan fingerprint density at radius 3 is 2.06 bits per heavy atom. The molecule has 1 heterocycles. The summed E-state index contributed by atoms with van der Waals surface area (Å²) in [5.41, 5.74) is 24.0. The molecule has 0 aliphatic heterocycles. The molecule has 0 aliphatic rings. The zero-order valence-electron chi connectivity index (χ0n) is 26.7. The highest BCUT2D eigenvalue weighted by atomic mass is 16.4. The van der Waals surface area contributed by atoms with Gasteiger partial charge >= 0.3 is 5.97 Å². The summed E-state index contributed by atoms with van der Waals surface area (Å²) in [6.45, 7) is -0.567. The molecular weight excluding hydrogens is 636 g/mol. The summed E-state index contributed by atoms with van der Waals surface area (Å²) in [4.78, 5) is 83.1. The molecule has 0 saturated carbocycles. The van der Waals surface area contributed by atoms with Crippen LogP contribution in [-0.2, 0) is 41.6 Å². The lowest BCUT2D eigenvalue weighted by molar-refractivity contribution is -0.138. The fourth-order valence-electron chi connectivity index (χ4n) is 4.98. The second kappa shape index (κ2) is 18.4. The highest BCUT2D eigenvalue weighted by Gasteiger charge is 2.31. The first-order valence-electron chi connectivity index (χ1n) is 15.4. The molecule has 14 N–H and O–H groups in total. The maximum atomic E-state index is 13.8.